The monoisotopic (exact) mass is 461 g/mol. The molecule has 8 nitrogen and oxygen atoms in total. The standard InChI is InChI=1S/C25H28FN7O/c1-5-32-23(34)18-14-29-24(30-17-7-6-16-13-27-10-8-15(16)12-17)31-22(18)33(32)19-9-11-28-21(20(19)26)25(2,3)4/h6-7,9,11-12,14,27H,5,8,10,13H2,1-4H3,(H,29,30,31). The molecule has 0 unspecified atom stereocenters. The van der Waals surface area contributed by atoms with E-state index in [1.165, 1.54) is 26.7 Å². The molecular weight excluding hydrogens is 433 g/mol. The van der Waals surface area contributed by atoms with Gasteiger partial charge in [-0.05, 0) is 49.2 Å². The number of pyridine rings is 1. The average Bonchev–Trinajstić information content (AvgIpc) is 3.09. The molecule has 0 radical (unpaired) electrons. The van der Waals surface area contributed by atoms with Crippen LogP contribution in [0.3, 0.4) is 0 Å². The second kappa shape index (κ2) is 8.32. The molecular formula is C25H28FN7O. The van der Waals surface area contributed by atoms with E-state index in [0.29, 0.717) is 29.2 Å². The van der Waals surface area contributed by atoms with Gasteiger partial charge in [-0.2, -0.15) is 4.98 Å². The molecule has 5 rings (SSSR count). The second-order valence-electron chi connectivity index (χ2n) is 9.54. The molecule has 3 aromatic heterocycles. The second-order valence-corrected chi connectivity index (χ2v) is 9.54. The first-order chi connectivity index (χ1) is 16.3. The van der Waals surface area contributed by atoms with E-state index in [2.05, 4.69) is 37.7 Å². The Labute approximate surface area is 196 Å². The van der Waals surface area contributed by atoms with Crippen molar-refractivity contribution in [2.24, 2.45) is 0 Å². The molecule has 0 bridgehead atoms. The van der Waals surface area contributed by atoms with Crippen molar-refractivity contribution in [1.82, 2.24) is 29.6 Å². The fourth-order valence-electron chi connectivity index (χ4n) is 4.42. The Morgan fingerprint density at radius 3 is 2.76 bits per heavy atom. The van der Waals surface area contributed by atoms with Crippen molar-refractivity contribution in [3.05, 3.63) is 69.7 Å². The number of benzene rings is 1. The van der Waals surface area contributed by atoms with Gasteiger partial charge in [-0.3, -0.25) is 9.78 Å². The maximum absolute atomic E-state index is 15.7. The lowest BCUT2D eigenvalue weighted by molar-refractivity contribution is 0.486. The van der Waals surface area contributed by atoms with Crippen LogP contribution in [0.1, 0.15) is 44.5 Å². The van der Waals surface area contributed by atoms with E-state index in [-0.39, 0.29) is 11.2 Å². The topological polar surface area (TPSA) is 89.7 Å². The van der Waals surface area contributed by atoms with Gasteiger partial charge in [0.1, 0.15) is 11.1 Å². The fraction of sp³-hybridized carbons (Fsp3) is 0.360. The minimum atomic E-state index is -0.496. The highest BCUT2D eigenvalue weighted by Crippen LogP contribution is 2.28. The van der Waals surface area contributed by atoms with Gasteiger partial charge in [0.05, 0.1) is 5.69 Å². The molecule has 1 aliphatic rings. The minimum Gasteiger partial charge on any atom is -0.324 e. The molecule has 2 N–H and O–H groups in total. The highest BCUT2D eigenvalue weighted by molar-refractivity contribution is 5.77. The lowest BCUT2D eigenvalue weighted by atomic mass is 9.91. The predicted molar refractivity (Wildman–Crippen MR) is 130 cm³/mol. The largest absolute Gasteiger partial charge is 0.324 e. The smallest absolute Gasteiger partial charge is 0.278 e. The molecule has 0 saturated carbocycles. The summed E-state index contributed by atoms with van der Waals surface area (Å²) in [5.41, 5.74) is 3.59. The summed E-state index contributed by atoms with van der Waals surface area (Å²) in [4.78, 5) is 26.3. The maximum atomic E-state index is 15.7. The maximum Gasteiger partial charge on any atom is 0.278 e. The van der Waals surface area contributed by atoms with Crippen LogP contribution in [0.2, 0.25) is 0 Å². The van der Waals surface area contributed by atoms with Crippen molar-refractivity contribution in [3.8, 4) is 5.69 Å². The summed E-state index contributed by atoms with van der Waals surface area (Å²) in [6.45, 7) is 9.72. The van der Waals surface area contributed by atoms with Crippen molar-refractivity contribution >= 4 is 22.7 Å². The number of aromatic nitrogens is 5. The summed E-state index contributed by atoms with van der Waals surface area (Å²) >= 11 is 0. The molecule has 176 valence electrons. The molecule has 0 fully saturated rings. The van der Waals surface area contributed by atoms with E-state index in [1.807, 2.05) is 33.8 Å². The summed E-state index contributed by atoms with van der Waals surface area (Å²) in [7, 11) is 0. The molecule has 0 atom stereocenters. The number of rotatable bonds is 4. The van der Waals surface area contributed by atoms with Crippen molar-refractivity contribution < 1.29 is 4.39 Å². The number of nitrogens with one attached hydrogen (secondary N) is 2. The lowest BCUT2D eigenvalue weighted by Gasteiger charge is -2.20. The Bertz CT molecular complexity index is 1450. The van der Waals surface area contributed by atoms with Gasteiger partial charge in [0.2, 0.25) is 5.95 Å². The van der Waals surface area contributed by atoms with E-state index in [1.54, 1.807) is 12.3 Å². The average molecular weight is 462 g/mol. The minimum absolute atomic E-state index is 0.236. The van der Waals surface area contributed by atoms with Crippen LogP contribution in [-0.2, 0) is 24.9 Å². The summed E-state index contributed by atoms with van der Waals surface area (Å²) in [5, 5.41) is 6.95. The van der Waals surface area contributed by atoms with Crippen molar-refractivity contribution in [1.29, 1.82) is 0 Å². The van der Waals surface area contributed by atoms with Gasteiger partial charge in [-0.25, -0.2) is 18.7 Å². The van der Waals surface area contributed by atoms with Gasteiger partial charge >= 0.3 is 0 Å². The Hall–Kier alpha value is -3.59. The van der Waals surface area contributed by atoms with Gasteiger partial charge in [0, 0.05) is 36.6 Å². The van der Waals surface area contributed by atoms with Crippen molar-refractivity contribution in [2.45, 2.75) is 52.6 Å². The highest BCUT2D eigenvalue weighted by atomic mass is 19.1. The van der Waals surface area contributed by atoms with E-state index >= 15 is 4.39 Å². The number of hydrogen-bond donors (Lipinski definition) is 2. The third kappa shape index (κ3) is 3.75. The van der Waals surface area contributed by atoms with Crippen LogP contribution in [0, 0.1) is 5.82 Å². The van der Waals surface area contributed by atoms with E-state index in [9.17, 15) is 4.79 Å². The molecule has 0 aliphatic carbocycles. The number of halogens is 1. The van der Waals surface area contributed by atoms with Gasteiger partial charge in [-0.1, -0.05) is 26.8 Å². The van der Waals surface area contributed by atoms with Gasteiger partial charge < -0.3 is 10.6 Å². The lowest BCUT2D eigenvalue weighted by Crippen LogP contribution is -2.23. The SMILES string of the molecule is CCn1c(=O)c2cnc(Nc3ccc4c(c3)CCNC4)nc2n1-c1ccnc(C(C)(C)C)c1F. The highest BCUT2D eigenvalue weighted by Gasteiger charge is 2.26. The third-order valence-electron chi connectivity index (χ3n) is 6.13. The quantitative estimate of drug-likeness (QED) is 0.480. The van der Waals surface area contributed by atoms with Crippen LogP contribution in [0.4, 0.5) is 16.0 Å². The van der Waals surface area contributed by atoms with E-state index < -0.39 is 11.2 Å². The third-order valence-corrected chi connectivity index (χ3v) is 6.13. The van der Waals surface area contributed by atoms with Crippen molar-refractivity contribution in [3.63, 3.8) is 0 Å². The van der Waals surface area contributed by atoms with E-state index in [0.717, 1.165) is 25.2 Å². The summed E-state index contributed by atoms with van der Waals surface area (Å²) in [6.07, 6.45) is 4.03. The Balaban J connectivity index is 1.64. The molecule has 4 heterocycles. The van der Waals surface area contributed by atoms with Gasteiger partial charge in [0.15, 0.2) is 11.5 Å². The number of hydrogen-bond acceptors (Lipinski definition) is 6. The van der Waals surface area contributed by atoms with E-state index in [4.69, 9.17) is 0 Å². The summed E-state index contributed by atoms with van der Waals surface area (Å²) in [6, 6.07) is 7.75. The Kier molecular flexibility index (Phi) is 5.44. The zero-order chi connectivity index (χ0) is 24.0. The fourth-order valence-corrected chi connectivity index (χ4v) is 4.42. The first-order valence-corrected chi connectivity index (χ1v) is 11.5. The molecule has 1 aromatic carbocycles. The molecule has 34 heavy (non-hydrogen) atoms. The normalized spacial score (nSPS) is 13.8. The van der Waals surface area contributed by atoms with Crippen LogP contribution >= 0.6 is 0 Å². The van der Waals surface area contributed by atoms with Crippen LogP contribution < -0.4 is 16.2 Å². The van der Waals surface area contributed by atoms with Crippen molar-refractivity contribution in [2.75, 3.05) is 11.9 Å². The van der Waals surface area contributed by atoms with Crippen LogP contribution in [0.5, 0.6) is 0 Å². The number of fused-ring (bicyclic) bond motifs is 2. The summed E-state index contributed by atoms with van der Waals surface area (Å²) < 4.78 is 18.7. The molecule has 4 aromatic rings. The molecule has 9 heteroatoms. The zero-order valence-electron chi connectivity index (χ0n) is 19.8. The van der Waals surface area contributed by atoms with Crippen LogP contribution in [-0.4, -0.2) is 30.9 Å². The number of anilines is 2. The first-order valence-electron chi connectivity index (χ1n) is 11.5. The van der Waals surface area contributed by atoms with Gasteiger partial charge in [-0.15, -0.1) is 0 Å². The zero-order valence-corrected chi connectivity index (χ0v) is 19.8. The van der Waals surface area contributed by atoms with Crippen LogP contribution in [0.15, 0.2) is 41.5 Å². The summed E-state index contributed by atoms with van der Waals surface area (Å²) in [5.74, 6) is -0.126. The first kappa shape index (κ1) is 22.2. The Morgan fingerprint density at radius 2 is 2.00 bits per heavy atom. The number of nitrogens with zero attached hydrogens (tertiary/aromatic N) is 5. The molecule has 0 saturated heterocycles. The predicted octanol–water partition coefficient (Wildman–Crippen LogP) is 3.82. The van der Waals surface area contributed by atoms with Gasteiger partial charge in [0.25, 0.3) is 5.56 Å². The molecule has 1 aliphatic heterocycles. The molecule has 0 spiro atoms. The van der Waals surface area contributed by atoms with Crippen LogP contribution in [0.25, 0.3) is 16.7 Å². The molecule has 0 amide bonds. The Morgan fingerprint density at radius 1 is 1.18 bits per heavy atom.